The fourth-order valence-corrected chi connectivity index (χ4v) is 1.60. The van der Waals surface area contributed by atoms with Crippen molar-refractivity contribution in [2.45, 2.75) is 20.0 Å². The van der Waals surface area contributed by atoms with E-state index in [4.69, 9.17) is 0 Å². The summed E-state index contributed by atoms with van der Waals surface area (Å²) >= 11 is 0. The summed E-state index contributed by atoms with van der Waals surface area (Å²) in [5.41, 5.74) is 0.274. The minimum atomic E-state index is -0.514. The van der Waals surface area contributed by atoms with Crippen LogP contribution in [0.2, 0.25) is 0 Å². The fourth-order valence-electron chi connectivity index (χ4n) is 1.60. The smallest absolute Gasteiger partial charge is 0.306 e. The van der Waals surface area contributed by atoms with Gasteiger partial charge in [-0.05, 0) is 13.0 Å². The zero-order valence-electron chi connectivity index (χ0n) is 10.9. The molecule has 2 heterocycles. The zero-order chi connectivity index (χ0) is 14.5. The Bertz CT molecular complexity index is 617. The number of nitro groups is 1. The molecule has 2 aromatic heterocycles. The maximum Gasteiger partial charge on any atom is 0.306 e. The van der Waals surface area contributed by atoms with E-state index in [1.807, 2.05) is 6.92 Å². The van der Waals surface area contributed by atoms with E-state index >= 15 is 0 Å². The van der Waals surface area contributed by atoms with Crippen LogP contribution in [-0.2, 0) is 13.1 Å². The Morgan fingerprint density at radius 1 is 1.50 bits per heavy atom. The summed E-state index contributed by atoms with van der Waals surface area (Å²) in [7, 11) is 0. The van der Waals surface area contributed by atoms with Crippen molar-refractivity contribution in [3.05, 3.63) is 40.5 Å². The third kappa shape index (κ3) is 3.19. The van der Waals surface area contributed by atoms with Gasteiger partial charge < -0.3 is 5.32 Å². The average molecular weight is 278 g/mol. The number of hydrogen-bond donors (Lipinski definition) is 1. The Kier molecular flexibility index (Phi) is 4.08. The van der Waals surface area contributed by atoms with Crippen molar-refractivity contribution in [2.24, 2.45) is 0 Å². The maximum absolute atomic E-state index is 11.8. The van der Waals surface area contributed by atoms with Gasteiger partial charge in [0, 0.05) is 19.3 Å². The lowest BCUT2D eigenvalue weighted by atomic mass is 10.4. The summed E-state index contributed by atoms with van der Waals surface area (Å²) in [6.07, 6.45) is 4.22. The molecule has 1 N–H and O–H groups in total. The number of rotatable bonds is 6. The summed E-state index contributed by atoms with van der Waals surface area (Å²) in [6, 6.07) is 1.64. The first-order valence-corrected chi connectivity index (χ1v) is 6.08. The molecule has 0 atom stereocenters. The lowest BCUT2D eigenvalue weighted by molar-refractivity contribution is -0.385. The van der Waals surface area contributed by atoms with Gasteiger partial charge in [-0.25, -0.2) is 0 Å². The molecular weight excluding hydrogens is 264 g/mol. The van der Waals surface area contributed by atoms with Crippen LogP contribution in [0.5, 0.6) is 0 Å². The highest BCUT2D eigenvalue weighted by Crippen LogP contribution is 2.07. The summed E-state index contributed by atoms with van der Waals surface area (Å²) in [5.74, 6) is -0.279. The molecule has 0 bridgehead atoms. The van der Waals surface area contributed by atoms with Crippen molar-refractivity contribution >= 4 is 11.6 Å². The number of aromatic nitrogens is 4. The molecule has 2 aromatic rings. The van der Waals surface area contributed by atoms with Crippen LogP contribution < -0.4 is 5.32 Å². The van der Waals surface area contributed by atoms with Crippen LogP contribution in [0.15, 0.2) is 24.7 Å². The van der Waals surface area contributed by atoms with Crippen molar-refractivity contribution < 1.29 is 9.72 Å². The second-order valence-electron chi connectivity index (χ2n) is 4.03. The van der Waals surface area contributed by atoms with Gasteiger partial charge in [-0.1, -0.05) is 0 Å². The number of carbonyl (C=O) groups excluding carboxylic acids is 1. The normalized spacial score (nSPS) is 10.4. The van der Waals surface area contributed by atoms with Crippen molar-refractivity contribution in [3.8, 4) is 0 Å². The molecule has 0 saturated carbocycles. The molecule has 0 unspecified atom stereocenters. The van der Waals surface area contributed by atoms with Crippen molar-refractivity contribution in [3.63, 3.8) is 0 Å². The molecule has 0 aliphatic carbocycles. The molecule has 0 radical (unpaired) electrons. The first-order chi connectivity index (χ1) is 9.60. The molecule has 2 rings (SSSR count). The van der Waals surface area contributed by atoms with E-state index in [-0.39, 0.29) is 11.6 Å². The van der Waals surface area contributed by atoms with Crippen LogP contribution in [0, 0.1) is 10.1 Å². The van der Waals surface area contributed by atoms with Crippen LogP contribution in [-0.4, -0.2) is 36.9 Å². The first-order valence-electron chi connectivity index (χ1n) is 6.08. The van der Waals surface area contributed by atoms with Gasteiger partial charge in [-0.15, -0.1) is 0 Å². The van der Waals surface area contributed by atoms with Gasteiger partial charge in [0.25, 0.3) is 5.91 Å². The second kappa shape index (κ2) is 5.95. The predicted molar refractivity (Wildman–Crippen MR) is 69.1 cm³/mol. The molecular formula is C11H14N6O3. The summed E-state index contributed by atoms with van der Waals surface area (Å²) in [4.78, 5) is 21.7. The van der Waals surface area contributed by atoms with Gasteiger partial charge >= 0.3 is 5.69 Å². The SMILES string of the molecule is CCn1ccc(C(=O)NCCn2cc([N+](=O)[O-])cn2)n1. The van der Waals surface area contributed by atoms with Crippen molar-refractivity contribution in [1.82, 2.24) is 24.9 Å². The Labute approximate surface area is 114 Å². The summed E-state index contributed by atoms with van der Waals surface area (Å²) in [6.45, 7) is 3.30. The highest BCUT2D eigenvalue weighted by molar-refractivity contribution is 5.92. The number of aryl methyl sites for hydroxylation is 1. The Morgan fingerprint density at radius 3 is 2.90 bits per heavy atom. The largest absolute Gasteiger partial charge is 0.349 e. The number of nitrogens with one attached hydrogen (secondary N) is 1. The van der Waals surface area contributed by atoms with E-state index in [2.05, 4.69) is 15.5 Å². The molecule has 0 fully saturated rings. The number of carbonyl (C=O) groups is 1. The molecule has 0 aliphatic rings. The van der Waals surface area contributed by atoms with Crippen LogP contribution in [0.3, 0.4) is 0 Å². The topological polar surface area (TPSA) is 108 Å². The van der Waals surface area contributed by atoms with Crippen LogP contribution >= 0.6 is 0 Å². The summed E-state index contributed by atoms with van der Waals surface area (Å²) < 4.78 is 3.06. The third-order valence-electron chi connectivity index (χ3n) is 2.65. The fraction of sp³-hybridized carbons (Fsp3) is 0.364. The van der Waals surface area contributed by atoms with Gasteiger partial charge in [-0.2, -0.15) is 10.2 Å². The first kappa shape index (κ1) is 13.7. The molecule has 1 amide bonds. The Balaban J connectivity index is 1.82. The highest BCUT2D eigenvalue weighted by atomic mass is 16.6. The van der Waals surface area contributed by atoms with Gasteiger partial charge in [0.15, 0.2) is 0 Å². The Hall–Kier alpha value is -2.71. The minimum absolute atomic E-state index is 0.0713. The minimum Gasteiger partial charge on any atom is -0.349 e. The molecule has 106 valence electrons. The molecule has 20 heavy (non-hydrogen) atoms. The van der Waals surface area contributed by atoms with Gasteiger partial charge in [0.2, 0.25) is 0 Å². The molecule has 0 spiro atoms. The number of hydrogen-bond acceptors (Lipinski definition) is 5. The van der Waals surface area contributed by atoms with E-state index in [9.17, 15) is 14.9 Å². The highest BCUT2D eigenvalue weighted by Gasteiger charge is 2.10. The van der Waals surface area contributed by atoms with E-state index in [1.165, 1.54) is 17.1 Å². The summed E-state index contributed by atoms with van der Waals surface area (Å²) in [5, 5.41) is 21.1. The van der Waals surface area contributed by atoms with Crippen LogP contribution in [0.1, 0.15) is 17.4 Å². The lowest BCUT2D eigenvalue weighted by Crippen LogP contribution is -2.27. The quantitative estimate of drug-likeness (QED) is 0.609. The van der Waals surface area contributed by atoms with E-state index in [0.717, 1.165) is 0 Å². The maximum atomic E-state index is 11.8. The number of nitrogens with zero attached hydrogens (tertiary/aromatic N) is 5. The number of amides is 1. The van der Waals surface area contributed by atoms with Crippen LogP contribution in [0.4, 0.5) is 5.69 Å². The lowest BCUT2D eigenvalue weighted by Gasteiger charge is -2.03. The molecule has 9 heteroatoms. The monoisotopic (exact) mass is 278 g/mol. The molecule has 0 aliphatic heterocycles. The van der Waals surface area contributed by atoms with Crippen molar-refractivity contribution in [1.29, 1.82) is 0 Å². The second-order valence-corrected chi connectivity index (χ2v) is 4.03. The average Bonchev–Trinajstić information content (AvgIpc) is 3.07. The van der Waals surface area contributed by atoms with Gasteiger partial charge in [-0.3, -0.25) is 24.3 Å². The third-order valence-corrected chi connectivity index (χ3v) is 2.65. The molecule has 0 saturated heterocycles. The van der Waals surface area contributed by atoms with Crippen LogP contribution in [0.25, 0.3) is 0 Å². The molecule has 0 aromatic carbocycles. The van der Waals surface area contributed by atoms with Crippen molar-refractivity contribution in [2.75, 3.05) is 6.54 Å². The van der Waals surface area contributed by atoms with Gasteiger partial charge in [0.1, 0.15) is 18.1 Å². The van der Waals surface area contributed by atoms with Gasteiger partial charge in [0.05, 0.1) is 11.5 Å². The van der Waals surface area contributed by atoms with E-state index in [0.29, 0.717) is 25.3 Å². The standard InChI is InChI=1S/C11H14N6O3/c1-2-15-5-3-10(14-15)11(18)12-4-6-16-8-9(7-13-16)17(19)20/h3,5,7-8H,2,4,6H2,1H3,(H,12,18). The predicted octanol–water partition coefficient (Wildman–Crippen LogP) is 0.438. The zero-order valence-corrected chi connectivity index (χ0v) is 10.9. The van der Waals surface area contributed by atoms with E-state index in [1.54, 1.807) is 16.9 Å². The van der Waals surface area contributed by atoms with E-state index < -0.39 is 4.92 Å². The molecule has 9 nitrogen and oxygen atoms in total. The Morgan fingerprint density at radius 2 is 2.30 bits per heavy atom.